The van der Waals surface area contributed by atoms with E-state index in [9.17, 15) is 4.79 Å². The zero-order chi connectivity index (χ0) is 18.8. The SMILES string of the molecule is Cc1cc(O[C@@H](C)C(=O)N=Nc2[nH]c(N)c3ccccc23)cc(C)c1Cl. The fourth-order valence-corrected chi connectivity index (χ4v) is 2.78. The van der Waals surface area contributed by atoms with Crippen LogP contribution in [0.2, 0.25) is 5.02 Å². The van der Waals surface area contributed by atoms with Gasteiger partial charge in [-0.1, -0.05) is 35.9 Å². The molecule has 0 aliphatic rings. The lowest BCUT2D eigenvalue weighted by Crippen LogP contribution is -2.21. The van der Waals surface area contributed by atoms with Crippen molar-refractivity contribution in [2.24, 2.45) is 10.2 Å². The summed E-state index contributed by atoms with van der Waals surface area (Å²) in [5.74, 6) is 0.998. The van der Waals surface area contributed by atoms with Crippen LogP contribution >= 0.6 is 11.6 Å². The van der Waals surface area contributed by atoms with Crippen molar-refractivity contribution >= 4 is 39.9 Å². The molecule has 1 amide bonds. The molecular formula is C19H19ClN4O2. The minimum atomic E-state index is -0.780. The molecule has 0 radical (unpaired) electrons. The molecule has 1 atom stereocenters. The van der Waals surface area contributed by atoms with Crippen LogP contribution in [0.25, 0.3) is 10.8 Å². The van der Waals surface area contributed by atoms with E-state index < -0.39 is 12.0 Å². The Bertz CT molecular complexity index is 987. The molecule has 0 saturated carbocycles. The molecule has 3 N–H and O–H groups in total. The summed E-state index contributed by atoms with van der Waals surface area (Å²) in [6.45, 7) is 5.39. The number of amides is 1. The number of nitrogens with two attached hydrogens (primary N) is 1. The standard InChI is InChI=1S/C19H19ClN4O2/c1-10-8-13(9-11(2)16(10)20)26-12(3)19(25)24-23-18-15-7-5-4-6-14(15)17(21)22-18/h4-9,12,22H,21H2,1-3H3/t12-/m0/s1. The Hall–Kier alpha value is -2.86. The molecule has 26 heavy (non-hydrogen) atoms. The Labute approximate surface area is 156 Å². The van der Waals surface area contributed by atoms with Crippen LogP contribution in [0, 0.1) is 13.8 Å². The van der Waals surface area contributed by atoms with Crippen LogP contribution in [0.1, 0.15) is 18.1 Å². The lowest BCUT2D eigenvalue weighted by Gasteiger charge is -2.13. The fourth-order valence-electron chi connectivity index (χ4n) is 2.67. The Morgan fingerprint density at radius 3 is 2.46 bits per heavy atom. The Balaban J connectivity index is 1.75. The number of azo groups is 1. The summed E-state index contributed by atoms with van der Waals surface area (Å²) in [6.07, 6.45) is -0.780. The number of rotatable bonds is 4. The van der Waals surface area contributed by atoms with Crippen LogP contribution in [0.4, 0.5) is 11.6 Å². The molecule has 134 valence electrons. The first-order valence-electron chi connectivity index (χ1n) is 8.12. The fraction of sp³-hybridized carbons (Fsp3) is 0.211. The number of hydrogen-bond acceptors (Lipinski definition) is 4. The molecule has 0 unspecified atom stereocenters. The van der Waals surface area contributed by atoms with E-state index in [2.05, 4.69) is 15.2 Å². The summed E-state index contributed by atoms with van der Waals surface area (Å²) in [7, 11) is 0. The Kier molecular flexibility index (Phi) is 4.95. The molecule has 0 bridgehead atoms. The molecule has 3 aromatic rings. The lowest BCUT2D eigenvalue weighted by molar-refractivity contribution is -0.124. The van der Waals surface area contributed by atoms with Gasteiger partial charge in [-0.3, -0.25) is 4.79 Å². The average Bonchev–Trinajstić information content (AvgIpc) is 2.94. The van der Waals surface area contributed by atoms with Crippen LogP contribution < -0.4 is 10.5 Å². The second-order valence-electron chi connectivity index (χ2n) is 6.10. The van der Waals surface area contributed by atoms with Crippen molar-refractivity contribution in [3.05, 3.63) is 52.5 Å². The van der Waals surface area contributed by atoms with Gasteiger partial charge in [0.2, 0.25) is 0 Å². The highest BCUT2D eigenvalue weighted by atomic mass is 35.5. The Morgan fingerprint density at radius 2 is 1.81 bits per heavy atom. The summed E-state index contributed by atoms with van der Waals surface area (Å²) in [5, 5.41) is 10.1. The molecular weight excluding hydrogens is 352 g/mol. The number of aryl methyl sites for hydroxylation is 2. The normalized spacial score (nSPS) is 12.6. The molecule has 3 rings (SSSR count). The molecule has 0 fully saturated rings. The second kappa shape index (κ2) is 7.17. The van der Waals surface area contributed by atoms with Gasteiger partial charge in [0.15, 0.2) is 11.9 Å². The van der Waals surface area contributed by atoms with E-state index in [0.717, 1.165) is 21.9 Å². The third-order valence-electron chi connectivity index (χ3n) is 4.04. The van der Waals surface area contributed by atoms with Crippen molar-refractivity contribution < 1.29 is 9.53 Å². The van der Waals surface area contributed by atoms with Crippen molar-refractivity contribution in [1.82, 2.24) is 4.98 Å². The number of nitrogens with one attached hydrogen (secondary N) is 1. The Morgan fingerprint density at radius 1 is 1.19 bits per heavy atom. The highest BCUT2D eigenvalue weighted by Crippen LogP contribution is 2.30. The van der Waals surface area contributed by atoms with Gasteiger partial charge in [0.1, 0.15) is 11.6 Å². The number of ether oxygens (including phenoxy) is 1. The van der Waals surface area contributed by atoms with Crippen molar-refractivity contribution in [3.63, 3.8) is 0 Å². The number of H-pyrrole nitrogens is 1. The number of nitrogen functional groups attached to an aromatic ring is 1. The van der Waals surface area contributed by atoms with E-state index in [0.29, 0.717) is 22.4 Å². The van der Waals surface area contributed by atoms with Crippen LogP contribution in [0.3, 0.4) is 0 Å². The zero-order valence-electron chi connectivity index (χ0n) is 14.7. The molecule has 0 aliphatic heterocycles. The molecule has 1 aromatic heterocycles. The van der Waals surface area contributed by atoms with E-state index in [-0.39, 0.29) is 0 Å². The number of hydrogen-bond donors (Lipinski definition) is 2. The smallest absolute Gasteiger partial charge is 0.304 e. The lowest BCUT2D eigenvalue weighted by atomic mass is 10.1. The summed E-state index contributed by atoms with van der Waals surface area (Å²) in [6, 6.07) is 11.1. The van der Waals surface area contributed by atoms with Crippen LogP contribution in [0.15, 0.2) is 46.6 Å². The maximum Gasteiger partial charge on any atom is 0.304 e. The maximum absolute atomic E-state index is 12.2. The quantitative estimate of drug-likeness (QED) is 0.626. The van der Waals surface area contributed by atoms with Gasteiger partial charge >= 0.3 is 5.91 Å². The van der Waals surface area contributed by atoms with Crippen molar-refractivity contribution in [3.8, 4) is 5.75 Å². The van der Waals surface area contributed by atoms with Gasteiger partial charge in [-0.2, -0.15) is 0 Å². The van der Waals surface area contributed by atoms with E-state index in [1.54, 1.807) is 19.1 Å². The monoisotopic (exact) mass is 370 g/mol. The first-order valence-corrected chi connectivity index (χ1v) is 8.49. The van der Waals surface area contributed by atoms with E-state index in [4.69, 9.17) is 22.1 Å². The number of halogens is 1. The van der Waals surface area contributed by atoms with E-state index in [1.807, 2.05) is 38.1 Å². The van der Waals surface area contributed by atoms with Gasteiger partial charge in [0.05, 0.1) is 0 Å². The van der Waals surface area contributed by atoms with E-state index >= 15 is 0 Å². The highest BCUT2D eigenvalue weighted by Gasteiger charge is 2.16. The minimum Gasteiger partial charge on any atom is -0.481 e. The van der Waals surface area contributed by atoms with E-state index in [1.165, 1.54) is 0 Å². The topological polar surface area (TPSA) is 92.8 Å². The van der Waals surface area contributed by atoms with Crippen LogP contribution in [0.5, 0.6) is 5.75 Å². The number of carbonyl (C=O) groups excluding carboxylic acids is 1. The van der Waals surface area contributed by atoms with Gasteiger partial charge < -0.3 is 15.5 Å². The number of anilines is 1. The van der Waals surface area contributed by atoms with Gasteiger partial charge in [-0.15, -0.1) is 10.2 Å². The number of benzene rings is 2. The predicted molar refractivity (Wildman–Crippen MR) is 103 cm³/mol. The van der Waals surface area contributed by atoms with Crippen molar-refractivity contribution in [2.75, 3.05) is 5.73 Å². The first-order chi connectivity index (χ1) is 12.4. The number of nitrogens with zero attached hydrogens (tertiary/aromatic N) is 2. The molecule has 2 aromatic carbocycles. The first kappa shape index (κ1) is 17.9. The summed E-state index contributed by atoms with van der Waals surface area (Å²) < 4.78 is 5.68. The van der Waals surface area contributed by atoms with Crippen molar-refractivity contribution in [1.29, 1.82) is 0 Å². The second-order valence-corrected chi connectivity index (χ2v) is 6.48. The minimum absolute atomic E-state index is 0.442. The maximum atomic E-state index is 12.2. The summed E-state index contributed by atoms with van der Waals surface area (Å²) >= 11 is 6.15. The zero-order valence-corrected chi connectivity index (χ0v) is 15.5. The molecule has 0 spiro atoms. The largest absolute Gasteiger partial charge is 0.481 e. The third kappa shape index (κ3) is 3.55. The highest BCUT2D eigenvalue weighted by molar-refractivity contribution is 6.32. The van der Waals surface area contributed by atoms with Gasteiger partial charge in [-0.25, -0.2) is 0 Å². The number of fused-ring (bicyclic) bond motifs is 1. The van der Waals surface area contributed by atoms with Crippen molar-refractivity contribution in [2.45, 2.75) is 26.9 Å². The van der Waals surface area contributed by atoms with Gasteiger partial charge in [0.25, 0.3) is 0 Å². The molecule has 0 aliphatic carbocycles. The summed E-state index contributed by atoms with van der Waals surface area (Å²) in [5.41, 5.74) is 7.68. The number of aromatic amines is 1. The molecule has 6 nitrogen and oxygen atoms in total. The number of aromatic nitrogens is 1. The van der Waals surface area contributed by atoms with Crippen LogP contribution in [-0.4, -0.2) is 17.0 Å². The predicted octanol–water partition coefficient (Wildman–Crippen LogP) is 5.10. The average molecular weight is 371 g/mol. The molecule has 0 saturated heterocycles. The number of carbonyl (C=O) groups is 1. The van der Waals surface area contributed by atoms with Crippen LogP contribution in [-0.2, 0) is 4.79 Å². The third-order valence-corrected chi connectivity index (χ3v) is 4.64. The van der Waals surface area contributed by atoms with Gasteiger partial charge in [0, 0.05) is 15.8 Å². The summed E-state index contributed by atoms with van der Waals surface area (Å²) in [4.78, 5) is 15.2. The molecule has 1 heterocycles. The molecule has 7 heteroatoms. The van der Waals surface area contributed by atoms with Gasteiger partial charge in [-0.05, 0) is 44.0 Å².